The molecule has 2 atom stereocenters. The molecule has 2 rings (SSSR count). The molecule has 1 N–H and O–H groups in total. The summed E-state index contributed by atoms with van der Waals surface area (Å²) in [7, 11) is 0. The fourth-order valence-electron chi connectivity index (χ4n) is 2.28. The molecule has 1 heteroatoms. The molecule has 0 aromatic carbocycles. The summed E-state index contributed by atoms with van der Waals surface area (Å²) in [5, 5.41) is 9.49. The molecule has 1 nitrogen and oxygen atoms in total. The van der Waals surface area contributed by atoms with Gasteiger partial charge in [0.1, 0.15) is 0 Å². The van der Waals surface area contributed by atoms with E-state index in [0.717, 1.165) is 12.3 Å². The van der Waals surface area contributed by atoms with Crippen molar-refractivity contribution in [2.75, 3.05) is 0 Å². The third kappa shape index (κ3) is 0.586. The highest BCUT2D eigenvalue weighted by Crippen LogP contribution is 2.60. The van der Waals surface area contributed by atoms with Gasteiger partial charge in [-0.05, 0) is 37.0 Å². The van der Waals surface area contributed by atoms with Gasteiger partial charge in [0.2, 0.25) is 0 Å². The molecule has 0 aromatic rings. The summed E-state index contributed by atoms with van der Waals surface area (Å²) in [5.74, 6) is 0.799. The monoisotopic (exact) mass is 126 g/mol. The lowest BCUT2D eigenvalue weighted by Gasteiger charge is -2.15. The summed E-state index contributed by atoms with van der Waals surface area (Å²) in [6, 6.07) is 0. The van der Waals surface area contributed by atoms with Crippen LogP contribution < -0.4 is 0 Å². The number of hydrogen-bond acceptors (Lipinski definition) is 1. The molecule has 1 unspecified atom stereocenters. The average Bonchev–Trinajstić information content (AvgIpc) is 2.56. The fourth-order valence-corrected chi connectivity index (χ4v) is 2.28. The summed E-state index contributed by atoms with van der Waals surface area (Å²) in [4.78, 5) is 0. The largest absolute Gasteiger partial charge is 0.393 e. The van der Waals surface area contributed by atoms with E-state index in [1.807, 2.05) is 0 Å². The van der Waals surface area contributed by atoms with Crippen molar-refractivity contribution in [3.8, 4) is 0 Å². The van der Waals surface area contributed by atoms with Crippen LogP contribution in [0.25, 0.3) is 0 Å². The molecule has 0 heterocycles. The van der Waals surface area contributed by atoms with E-state index in [-0.39, 0.29) is 6.10 Å². The van der Waals surface area contributed by atoms with Gasteiger partial charge in [0.25, 0.3) is 0 Å². The predicted octanol–water partition coefficient (Wildman–Crippen LogP) is 1.56. The van der Waals surface area contributed by atoms with E-state index in [1.165, 1.54) is 19.3 Å². The van der Waals surface area contributed by atoms with E-state index in [2.05, 4.69) is 6.92 Å². The third-order valence-corrected chi connectivity index (χ3v) is 3.35. The van der Waals surface area contributed by atoms with E-state index >= 15 is 0 Å². The SMILES string of the molecule is C[C@@H]1CCC(O)C12CC2. The van der Waals surface area contributed by atoms with Gasteiger partial charge in [-0.15, -0.1) is 0 Å². The minimum Gasteiger partial charge on any atom is -0.393 e. The van der Waals surface area contributed by atoms with Crippen molar-refractivity contribution in [3.05, 3.63) is 0 Å². The second kappa shape index (κ2) is 1.51. The van der Waals surface area contributed by atoms with Crippen LogP contribution in [0.4, 0.5) is 0 Å². The number of aliphatic hydroxyl groups is 1. The van der Waals surface area contributed by atoms with Crippen molar-refractivity contribution in [2.24, 2.45) is 11.3 Å². The highest BCUT2D eigenvalue weighted by atomic mass is 16.3. The minimum absolute atomic E-state index is 0.0486. The maximum absolute atomic E-state index is 9.49. The Labute approximate surface area is 56.1 Å². The molecule has 0 aliphatic heterocycles. The number of hydrogen-bond donors (Lipinski definition) is 1. The van der Waals surface area contributed by atoms with Crippen molar-refractivity contribution in [3.63, 3.8) is 0 Å². The Morgan fingerprint density at radius 3 is 2.22 bits per heavy atom. The molecule has 0 aromatic heterocycles. The van der Waals surface area contributed by atoms with Crippen LogP contribution in [0.5, 0.6) is 0 Å². The Morgan fingerprint density at radius 2 is 2.00 bits per heavy atom. The number of rotatable bonds is 0. The molecule has 1 spiro atoms. The van der Waals surface area contributed by atoms with Gasteiger partial charge in [-0.25, -0.2) is 0 Å². The lowest BCUT2D eigenvalue weighted by atomic mass is 9.93. The first kappa shape index (κ1) is 5.72. The lowest BCUT2D eigenvalue weighted by molar-refractivity contribution is 0.105. The molecule has 0 amide bonds. The van der Waals surface area contributed by atoms with Crippen LogP contribution in [0, 0.1) is 11.3 Å². The molecule has 2 aliphatic carbocycles. The smallest absolute Gasteiger partial charge is 0.0599 e. The summed E-state index contributed by atoms with van der Waals surface area (Å²) < 4.78 is 0. The van der Waals surface area contributed by atoms with Gasteiger partial charge in [0, 0.05) is 0 Å². The fraction of sp³-hybridized carbons (Fsp3) is 1.00. The van der Waals surface area contributed by atoms with Crippen molar-refractivity contribution in [1.29, 1.82) is 0 Å². The van der Waals surface area contributed by atoms with Crippen LogP contribution >= 0.6 is 0 Å². The van der Waals surface area contributed by atoms with E-state index in [9.17, 15) is 5.11 Å². The Hall–Kier alpha value is -0.0400. The molecule has 2 saturated carbocycles. The Bertz CT molecular complexity index is 115. The quantitative estimate of drug-likeness (QED) is 0.522. The molecule has 0 bridgehead atoms. The first-order valence-electron chi connectivity index (χ1n) is 3.94. The Balaban J connectivity index is 2.17. The molecule has 2 fully saturated rings. The highest BCUT2D eigenvalue weighted by molar-refractivity contribution is 5.06. The Morgan fingerprint density at radius 1 is 1.33 bits per heavy atom. The van der Waals surface area contributed by atoms with Gasteiger partial charge >= 0.3 is 0 Å². The molecular weight excluding hydrogens is 112 g/mol. The van der Waals surface area contributed by atoms with Crippen molar-refractivity contribution >= 4 is 0 Å². The molecule has 52 valence electrons. The highest BCUT2D eigenvalue weighted by Gasteiger charge is 2.55. The van der Waals surface area contributed by atoms with Crippen LogP contribution in [-0.2, 0) is 0 Å². The van der Waals surface area contributed by atoms with Gasteiger partial charge in [0.05, 0.1) is 6.10 Å². The maximum Gasteiger partial charge on any atom is 0.0599 e. The van der Waals surface area contributed by atoms with Gasteiger partial charge < -0.3 is 5.11 Å². The van der Waals surface area contributed by atoms with Crippen LogP contribution in [-0.4, -0.2) is 11.2 Å². The van der Waals surface area contributed by atoms with E-state index in [4.69, 9.17) is 0 Å². The Kier molecular flexibility index (Phi) is 0.963. The minimum atomic E-state index is 0.0486. The van der Waals surface area contributed by atoms with E-state index in [0.29, 0.717) is 5.41 Å². The second-order valence-electron chi connectivity index (χ2n) is 3.73. The standard InChI is InChI=1S/C8H14O/c1-6-2-3-7(9)8(6)4-5-8/h6-7,9H,2-5H2,1H3/t6-,7?/m1/s1. The topological polar surface area (TPSA) is 20.2 Å². The first-order valence-corrected chi connectivity index (χ1v) is 3.94. The zero-order chi connectivity index (χ0) is 6.48. The van der Waals surface area contributed by atoms with Gasteiger partial charge in [-0.1, -0.05) is 6.92 Å². The summed E-state index contributed by atoms with van der Waals surface area (Å²) in [6.45, 7) is 2.28. The van der Waals surface area contributed by atoms with Crippen LogP contribution in [0.15, 0.2) is 0 Å². The van der Waals surface area contributed by atoms with Crippen LogP contribution in [0.1, 0.15) is 32.6 Å². The molecule has 0 saturated heterocycles. The number of aliphatic hydroxyl groups excluding tert-OH is 1. The average molecular weight is 126 g/mol. The zero-order valence-corrected chi connectivity index (χ0v) is 5.93. The predicted molar refractivity (Wildman–Crippen MR) is 36.1 cm³/mol. The molecular formula is C8H14O. The van der Waals surface area contributed by atoms with E-state index in [1.54, 1.807) is 0 Å². The van der Waals surface area contributed by atoms with Crippen molar-refractivity contribution in [1.82, 2.24) is 0 Å². The molecule has 2 aliphatic rings. The summed E-state index contributed by atoms with van der Waals surface area (Å²) >= 11 is 0. The maximum atomic E-state index is 9.49. The summed E-state index contributed by atoms with van der Waals surface area (Å²) in [6.07, 6.45) is 4.93. The normalized spacial score (nSPS) is 46.0. The molecule has 0 radical (unpaired) electrons. The van der Waals surface area contributed by atoms with Gasteiger partial charge in [-0.2, -0.15) is 0 Å². The van der Waals surface area contributed by atoms with Crippen molar-refractivity contribution in [2.45, 2.75) is 38.7 Å². The molecule has 9 heavy (non-hydrogen) atoms. The van der Waals surface area contributed by atoms with Crippen LogP contribution in [0.3, 0.4) is 0 Å². The van der Waals surface area contributed by atoms with Gasteiger partial charge in [0.15, 0.2) is 0 Å². The lowest BCUT2D eigenvalue weighted by Crippen LogP contribution is -2.18. The van der Waals surface area contributed by atoms with E-state index < -0.39 is 0 Å². The second-order valence-corrected chi connectivity index (χ2v) is 3.73. The third-order valence-electron chi connectivity index (χ3n) is 3.35. The zero-order valence-electron chi connectivity index (χ0n) is 5.93. The van der Waals surface area contributed by atoms with Crippen molar-refractivity contribution < 1.29 is 5.11 Å². The summed E-state index contributed by atoms with van der Waals surface area (Å²) in [5.41, 5.74) is 0.417. The van der Waals surface area contributed by atoms with Gasteiger partial charge in [-0.3, -0.25) is 0 Å². The van der Waals surface area contributed by atoms with Crippen LogP contribution in [0.2, 0.25) is 0 Å². The first-order chi connectivity index (χ1) is 4.26.